The maximum Gasteiger partial charge on any atom is 0.337 e. The molecule has 0 radical (unpaired) electrons. The number of esters is 1. The molecule has 1 aliphatic rings. The molecular formula is C14H17NO4. The number of nitrogens with one attached hydrogen (secondary N) is 1. The SMILES string of the molecule is COC(=O)c1ccc(NC(=O)C2CCOC2C)cc1. The second kappa shape index (κ2) is 5.84. The van der Waals surface area contributed by atoms with E-state index in [0.29, 0.717) is 17.9 Å². The van der Waals surface area contributed by atoms with E-state index in [2.05, 4.69) is 10.1 Å². The fourth-order valence-electron chi connectivity index (χ4n) is 2.12. The Balaban J connectivity index is 1.99. The van der Waals surface area contributed by atoms with Gasteiger partial charge < -0.3 is 14.8 Å². The molecule has 2 atom stereocenters. The number of carbonyl (C=O) groups excluding carboxylic acids is 2. The Morgan fingerprint density at radius 3 is 2.53 bits per heavy atom. The van der Waals surface area contributed by atoms with Crippen LogP contribution >= 0.6 is 0 Å². The molecule has 1 fully saturated rings. The summed E-state index contributed by atoms with van der Waals surface area (Å²) in [5.74, 6) is -0.549. The summed E-state index contributed by atoms with van der Waals surface area (Å²) in [6, 6.07) is 6.61. The summed E-state index contributed by atoms with van der Waals surface area (Å²) in [6.07, 6.45) is 0.696. The number of ether oxygens (including phenoxy) is 2. The Labute approximate surface area is 111 Å². The van der Waals surface area contributed by atoms with Gasteiger partial charge in [-0.2, -0.15) is 0 Å². The lowest BCUT2D eigenvalue weighted by Crippen LogP contribution is -2.27. The largest absolute Gasteiger partial charge is 0.465 e. The zero-order chi connectivity index (χ0) is 13.8. The summed E-state index contributed by atoms with van der Waals surface area (Å²) in [5, 5.41) is 2.83. The molecule has 1 aliphatic heterocycles. The number of hydrogen-bond acceptors (Lipinski definition) is 4. The van der Waals surface area contributed by atoms with Crippen LogP contribution in [-0.2, 0) is 14.3 Å². The van der Waals surface area contributed by atoms with Gasteiger partial charge in [0.1, 0.15) is 0 Å². The lowest BCUT2D eigenvalue weighted by atomic mass is 10.0. The lowest BCUT2D eigenvalue weighted by molar-refractivity contribution is -0.121. The molecular weight excluding hydrogens is 246 g/mol. The van der Waals surface area contributed by atoms with Crippen molar-refractivity contribution in [2.24, 2.45) is 5.92 Å². The molecule has 2 rings (SSSR count). The van der Waals surface area contributed by atoms with E-state index >= 15 is 0 Å². The zero-order valence-corrected chi connectivity index (χ0v) is 11.0. The zero-order valence-electron chi connectivity index (χ0n) is 11.0. The van der Waals surface area contributed by atoms with E-state index in [0.717, 1.165) is 6.42 Å². The van der Waals surface area contributed by atoms with Gasteiger partial charge in [0, 0.05) is 12.3 Å². The molecule has 1 N–H and O–H groups in total. The molecule has 19 heavy (non-hydrogen) atoms. The van der Waals surface area contributed by atoms with Gasteiger partial charge in [0.05, 0.1) is 24.7 Å². The second-order valence-corrected chi connectivity index (χ2v) is 4.53. The predicted octanol–water partition coefficient (Wildman–Crippen LogP) is 1.84. The van der Waals surface area contributed by atoms with E-state index in [4.69, 9.17) is 4.74 Å². The Morgan fingerprint density at radius 2 is 2.00 bits per heavy atom. The molecule has 1 aromatic carbocycles. The van der Waals surface area contributed by atoms with Crippen LogP contribution in [-0.4, -0.2) is 31.7 Å². The molecule has 1 aromatic rings. The van der Waals surface area contributed by atoms with E-state index in [-0.39, 0.29) is 17.9 Å². The highest BCUT2D eigenvalue weighted by Gasteiger charge is 2.30. The number of rotatable bonds is 3. The first-order valence-corrected chi connectivity index (χ1v) is 6.22. The minimum Gasteiger partial charge on any atom is -0.465 e. The van der Waals surface area contributed by atoms with E-state index < -0.39 is 5.97 Å². The van der Waals surface area contributed by atoms with Crippen molar-refractivity contribution in [3.8, 4) is 0 Å². The van der Waals surface area contributed by atoms with Gasteiger partial charge in [-0.1, -0.05) is 0 Å². The first-order chi connectivity index (χ1) is 9.11. The van der Waals surface area contributed by atoms with Gasteiger partial charge in [0.25, 0.3) is 0 Å². The fourth-order valence-corrected chi connectivity index (χ4v) is 2.12. The van der Waals surface area contributed by atoms with Gasteiger partial charge in [-0.3, -0.25) is 4.79 Å². The average Bonchev–Trinajstić information content (AvgIpc) is 2.85. The fraction of sp³-hybridized carbons (Fsp3) is 0.429. The Morgan fingerprint density at radius 1 is 1.32 bits per heavy atom. The Hall–Kier alpha value is -1.88. The van der Waals surface area contributed by atoms with Gasteiger partial charge in [-0.05, 0) is 37.6 Å². The van der Waals surface area contributed by atoms with Gasteiger partial charge in [-0.25, -0.2) is 4.79 Å². The van der Waals surface area contributed by atoms with E-state index in [9.17, 15) is 9.59 Å². The van der Waals surface area contributed by atoms with Crippen LogP contribution in [0.3, 0.4) is 0 Å². The number of benzene rings is 1. The molecule has 0 spiro atoms. The van der Waals surface area contributed by atoms with Crippen molar-refractivity contribution in [3.63, 3.8) is 0 Å². The summed E-state index contributed by atoms with van der Waals surface area (Å²) in [5.41, 5.74) is 1.12. The smallest absolute Gasteiger partial charge is 0.337 e. The number of methoxy groups -OCH3 is 1. The van der Waals surface area contributed by atoms with E-state index in [1.807, 2.05) is 6.92 Å². The molecule has 102 valence electrons. The van der Waals surface area contributed by atoms with Gasteiger partial charge in [0.2, 0.25) is 5.91 Å². The van der Waals surface area contributed by atoms with Crippen LogP contribution in [0.5, 0.6) is 0 Å². The number of hydrogen-bond donors (Lipinski definition) is 1. The summed E-state index contributed by atoms with van der Waals surface area (Å²) in [7, 11) is 1.33. The van der Waals surface area contributed by atoms with Gasteiger partial charge in [0.15, 0.2) is 0 Å². The molecule has 0 aromatic heterocycles. The van der Waals surface area contributed by atoms with Crippen molar-refractivity contribution in [3.05, 3.63) is 29.8 Å². The minimum atomic E-state index is -0.393. The van der Waals surface area contributed by atoms with Gasteiger partial charge in [-0.15, -0.1) is 0 Å². The first-order valence-electron chi connectivity index (χ1n) is 6.22. The molecule has 0 saturated carbocycles. The Bertz CT molecular complexity index is 469. The van der Waals surface area contributed by atoms with Crippen molar-refractivity contribution in [1.82, 2.24) is 0 Å². The van der Waals surface area contributed by atoms with Crippen LogP contribution in [0.15, 0.2) is 24.3 Å². The quantitative estimate of drug-likeness (QED) is 0.845. The van der Waals surface area contributed by atoms with Crippen LogP contribution in [0.1, 0.15) is 23.7 Å². The summed E-state index contributed by atoms with van der Waals surface area (Å²) >= 11 is 0. The first kappa shape index (κ1) is 13.5. The van der Waals surface area contributed by atoms with Crippen LogP contribution in [0.4, 0.5) is 5.69 Å². The highest BCUT2D eigenvalue weighted by atomic mass is 16.5. The maximum absolute atomic E-state index is 12.0. The topological polar surface area (TPSA) is 64.6 Å². The molecule has 5 heteroatoms. The molecule has 0 bridgehead atoms. The third-order valence-corrected chi connectivity index (χ3v) is 3.29. The predicted molar refractivity (Wildman–Crippen MR) is 69.9 cm³/mol. The molecule has 1 amide bonds. The van der Waals surface area contributed by atoms with Crippen molar-refractivity contribution >= 4 is 17.6 Å². The van der Waals surface area contributed by atoms with Gasteiger partial charge >= 0.3 is 5.97 Å². The molecule has 2 unspecified atom stereocenters. The highest BCUT2D eigenvalue weighted by Crippen LogP contribution is 2.22. The normalized spacial score (nSPS) is 22.0. The molecule has 1 heterocycles. The maximum atomic E-state index is 12.0. The summed E-state index contributed by atoms with van der Waals surface area (Å²) in [6.45, 7) is 2.53. The number of anilines is 1. The summed E-state index contributed by atoms with van der Waals surface area (Å²) < 4.78 is 9.98. The highest BCUT2D eigenvalue weighted by molar-refractivity contribution is 5.94. The van der Waals surface area contributed by atoms with Crippen molar-refractivity contribution in [2.75, 3.05) is 19.0 Å². The monoisotopic (exact) mass is 263 g/mol. The Kier molecular flexibility index (Phi) is 4.16. The third kappa shape index (κ3) is 3.12. The van der Waals surface area contributed by atoms with E-state index in [1.54, 1.807) is 24.3 Å². The van der Waals surface area contributed by atoms with Crippen LogP contribution in [0.2, 0.25) is 0 Å². The van der Waals surface area contributed by atoms with Crippen molar-refractivity contribution in [1.29, 1.82) is 0 Å². The molecule has 0 aliphatic carbocycles. The van der Waals surface area contributed by atoms with Crippen LogP contribution < -0.4 is 5.32 Å². The molecule has 5 nitrogen and oxygen atoms in total. The summed E-state index contributed by atoms with van der Waals surface area (Å²) in [4.78, 5) is 23.3. The lowest BCUT2D eigenvalue weighted by Gasteiger charge is -2.14. The average molecular weight is 263 g/mol. The third-order valence-electron chi connectivity index (χ3n) is 3.29. The standard InChI is InChI=1S/C14H17NO4/c1-9-12(7-8-19-9)13(16)15-11-5-3-10(4-6-11)14(17)18-2/h3-6,9,12H,7-8H2,1-2H3,(H,15,16). The van der Waals surface area contributed by atoms with Crippen LogP contribution in [0, 0.1) is 5.92 Å². The molecule has 1 saturated heterocycles. The van der Waals surface area contributed by atoms with Crippen molar-refractivity contribution in [2.45, 2.75) is 19.4 Å². The minimum absolute atomic E-state index is 0.0455. The van der Waals surface area contributed by atoms with Crippen molar-refractivity contribution < 1.29 is 19.1 Å². The van der Waals surface area contributed by atoms with E-state index in [1.165, 1.54) is 7.11 Å². The number of amides is 1. The van der Waals surface area contributed by atoms with Crippen LogP contribution in [0.25, 0.3) is 0 Å². The second-order valence-electron chi connectivity index (χ2n) is 4.53. The number of carbonyl (C=O) groups is 2.